The molecule has 2 heterocycles. The Morgan fingerprint density at radius 1 is 1.10 bits per heavy atom. The van der Waals surface area contributed by atoms with Crippen LogP contribution in [0, 0.1) is 5.92 Å². The van der Waals surface area contributed by atoms with Gasteiger partial charge < -0.3 is 9.64 Å². The second-order valence-corrected chi connectivity index (χ2v) is 9.65. The Balaban J connectivity index is 1.34. The highest BCUT2D eigenvalue weighted by molar-refractivity contribution is 7.89. The third-order valence-corrected chi connectivity index (χ3v) is 7.16. The summed E-state index contributed by atoms with van der Waals surface area (Å²) in [6, 6.07) is 15.9. The molecule has 2 aromatic carbocycles. The van der Waals surface area contributed by atoms with Crippen LogP contribution in [0.1, 0.15) is 12.8 Å². The van der Waals surface area contributed by atoms with Crippen molar-refractivity contribution < 1.29 is 13.2 Å². The molecular formula is C21H23N3O3S2. The van der Waals surface area contributed by atoms with E-state index in [1.165, 1.54) is 0 Å². The van der Waals surface area contributed by atoms with Crippen LogP contribution in [0.3, 0.4) is 0 Å². The summed E-state index contributed by atoms with van der Waals surface area (Å²) in [7, 11) is -3.56. The van der Waals surface area contributed by atoms with Crippen LogP contribution >= 0.6 is 11.3 Å². The van der Waals surface area contributed by atoms with Gasteiger partial charge in [0, 0.05) is 31.2 Å². The van der Waals surface area contributed by atoms with Crippen molar-refractivity contribution in [3.8, 4) is 11.5 Å². The van der Waals surface area contributed by atoms with Crippen molar-refractivity contribution in [2.24, 2.45) is 5.92 Å². The minimum Gasteiger partial charge on any atom is -0.457 e. The molecule has 0 amide bonds. The van der Waals surface area contributed by atoms with E-state index < -0.39 is 10.0 Å². The maximum atomic E-state index is 12.7. The van der Waals surface area contributed by atoms with Crippen LogP contribution in [0.2, 0.25) is 0 Å². The van der Waals surface area contributed by atoms with Gasteiger partial charge in [0.05, 0.1) is 4.90 Å². The molecule has 0 radical (unpaired) electrons. The van der Waals surface area contributed by atoms with Gasteiger partial charge >= 0.3 is 0 Å². The summed E-state index contributed by atoms with van der Waals surface area (Å²) in [6.45, 7) is 2.21. The summed E-state index contributed by atoms with van der Waals surface area (Å²) >= 11 is 1.62. The Bertz CT molecular complexity index is 1010. The number of piperidine rings is 1. The summed E-state index contributed by atoms with van der Waals surface area (Å²) < 4.78 is 33.8. The maximum Gasteiger partial charge on any atom is 0.240 e. The number of aromatic nitrogens is 1. The molecule has 152 valence electrons. The van der Waals surface area contributed by atoms with E-state index in [2.05, 4.69) is 14.6 Å². The van der Waals surface area contributed by atoms with Gasteiger partial charge in [-0.15, -0.1) is 11.3 Å². The molecule has 4 rings (SSSR count). The van der Waals surface area contributed by atoms with Gasteiger partial charge in [-0.2, -0.15) is 0 Å². The number of benzene rings is 2. The van der Waals surface area contributed by atoms with Gasteiger partial charge in [0.1, 0.15) is 11.5 Å². The smallest absolute Gasteiger partial charge is 0.240 e. The van der Waals surface area contributed by atoms with Crippen molar-refractivity contribution in [1.82, 2.24) is 9.71 Å². The third-order valence-electron chi connectivity index (χ3n) is 4.88. The molecular weight excluding hydrogens is 406 g/mol. The van der Waals surface area contributed by atoms with E-state index in [4.69, 9.17) is 4.74 Å². The van der Waals surface area contributed by atoms with Crippen molar-refractivity contribution in [2.75, 3.05) is 24.5 Å². The van der Waals surface area contributed by atoms with E-state index in [1.807, 2.05) is 35.7 Å². The van der Waals surface area contributed by atoms with Crippen LogP contribution in [0.5, 0.6) is 11.5 Å². The van der Waals surface area contributed by atoms with E-state index in [0.29, 0.717) is 18.0 Å². The second-order valence-electron chi connectivity index (χ2n) is 7.01. The highest BCUT2D eigenvalue weighted by atomic mass is 32.2. The van der Waals surface area contributed by atoms with Gasteiger partial charge in [-0.1, -0.05) is 18.2 Å². The van der Waals surface area contributed by atoms with Gasteiger partial charge in [-0.05, 0) is 55.2 Å². The molecule has 0 aliphatic carbocycles. The van der Waals surface area contributed by atoms with E-state index >= 15 is 0 Å². The monoisotopic (exact) mass is 429 g/mol. The van der Waals surface area contributed by atoms with Crippen LogP contribution in [0.15, 0.2) is 71.1 Å². The molecule has 29 heavy (non-hydrogen) atoms. The molecule has 1 N–H and O–H groups in total. The first-order valence-corrected chi connectivity index (χ1v) is 11.9. The quantitative estimate of drug-likeness (QED) is 0.611. The first kappa shape index (κ1) is 19.9. The van der Waals surface area contributed by atoms with Gasteiger partial charge in [-0.25, -0.2) is 18.1 Å². The lowest BCUT2D eigenvalue weighted by Crippen LogP contribution is -2.40. The molecule has 1 aromatic heterocycles. The number of hydrogen-bond acceptors (Lipinski definition) is 6. The fourth-order valence-corrected chi connectivity index (χ4v) is 5.20. The number of sulfonamides is 1. The van der Waals surface area contributed by atoms with Crippen molar-refractivity contribution in [2.45, 2.75) is 17.7 Å². The molecule has 0 saturated carbocycles. The molecule has 0 spiro atoms. The predicted molar refractivity (Wildman–Crippen MR) is 115 cm³/mol. The highest BCUT2D eigenvalue weighted by Crippen LogP contribution is 2.25. The number of rotatable bonds is 7. The highest BCUT2D eigenvalue weighted by Gasteiger charge is 2.23. The molecule has 3 aromatic rings. The first-order chi connectivity index (χ1) is 14.1. The lowest BCUT2D eigenvalue weighted by Gasteiger charge is -2.32. The van der Waals surface area contributed by atoms with Gasteiger partial charge in [0.15, 0.2) is 5.13 Å². The topological polar surface area (TPSA) is 71.5 Å². The predicted octanol–water partition coefficient (Wildman–Crippen LogP) is 4.13. The van der Waals surface area contributed by atoms with E-state index in [9.17, 15) is 8.42 Å². The average molecular weight is 430 g/mol. The van der Waals surface area contributed by atoms with Crippen molar-refractivity contribution in [1.29, 1.82) is 0 Å². The largest absolute Gasteiger partial charge is 0.457 e. The van der Waals surface area contributed by atoms with Crippen LogP contribution in [0.25, 0.3) is 0 Å². The van der Waals surface area contributed by atoms with E-state index in [0.717, 1.165) is 31.1 Å². The Morgan fingerprint density at radius 2 is 1.86 bits per heavy atom. The molecule has 1 atom stereocenters. The Morgan fingerprint density at radius 3 is 2.59 bits per heavy atom. The van der Waals surface area contributed by atoms with Gasteiger partial charge in [0.25, 0.3) is 0 Å². The minimum absolute atomic E-state index is 0.241. The zero-order chi connectivity index (χ0) is 20.1. The molecule has 1 saturated heterocycles. The first-order valence-electron chi connectivity index (χ1n) is 9.57. The van der Waals surface area contributed by atoms with Crippen LogP contribution in [-0.4, -0.2) is 33.0 Å². The Hall–Kier alpha value is -2.42. The SMILES string of the molecule is O=S(=O)(NCC1CCCN(c2nccs2)C1)c1ccc(Oc2ccccc2)cc1. The Labute approximate surface area is 175 Å². The van der Waals surface area contributed by atoms with Crippen molar-refractivity contribution in [3.05, 3.63) is 66.2 Å². The van der Waals surface area contributed by atoms with Crippen LogP contribution < -0.4 is 14.4 Å². The molecule has 8 heteroatoms. The lowest BCUT2D eigenvalue weighted by molar-refractivity contribution is 0.410. The number of thiazole rings is 1. The molecule has 0 bridgehead atoms. The van der Waals surface area contributed by atoms with Gasteiger partial charge in [-0.3, -0.25) is 0 Å². The van der Waals surface area contributed by atoms with Crippen molar-refractivity contribution in [3.63, 3.8) is 0 Å². The van der Waals surface area contributed by atoms with Gasteiger partial charge in [0.2, 0.25) is 10.0 Å². The number of para-hydroxylation sites is 1. The molecule has 1 fully saturated rings. The summed E-state index contributed by atoms with van der Waals surface area (Å²) in [5.41, 5.74) is 0. The zero-order valence-electron chi connectivity index (χ0n) is 15.9. The standard InChI is InChI=1S/C21H23N3O3S2/c25-29(26,20-10-8-19(9-11-20)27-18-6-2-1-3-7-18)23-15-17-5-4-13-24(16-17)21-22-12-14-28-21/h1-3,6-12,14,17,23H,4-5,13,15-16H2. The minimum atomic E-state index is -3.56. The molecule has 1 aliphatic rings. The summed E-state index contributed by atoms with van der Waals surface area (Å²) in [6.07, 6.45) is 3.85. The molecule has 6 nitrogen and oxygen atoms in total. The van der Waals surface area contributed by atoms with Crippen molar-refractivity contribution >= 4 is 26.5 Å². The lowest BCUT2D eigenvalue weighted by atomic mass is 9.99. The number of nitrogens with one attached hydrogen (secondary N) is 1. The third kappa shape index (κ3) is 5.14. The normalized spacial score (nSPS) is 17.2. The number of anilines is 1. The maximum absolute atomic E-state index is 12.7. The van der Waals surface area contributed by atoms with E-state index in [1.54, 1.807) is 41.8 Å². The number of ether oxygens (including phenoxy) is 1. The number of hydrogen-bond donors (Lipinski definition) is 1. The molecule has 1 unspecified atom stereocenters. The van der Waals surface area contributed by atoms with Crippen LogP contribution in [-0.2, 0) is 10.0 Å². The summed E-state index contributed by atoms with van der Waals surface area (Å²) in [5.74, 6) is 1.58. The van der Waals surface area contributed by atoms with E-state index in [-0.39, 0.29) is 10.8 Å². The molecule has 1 aliphatic heterocycles. The zero-order valence-corrected chi connectivity index (χ0v) is 17.5. The number of nitrogens with zero attached hydrogens (tertiary/aromatic N) is 2. The summed E-state index contributed by atoms with van der Waals surface area (Å²) in [4.78, 5) is 6.84. The van der Waals surface area contributed by atoms with Crippen LogP contribution in [0.4, 0.5) is 5.13 Å². The average Bonchev–Trinajstić information content (AvgIpc) is 3.29. The Kier molecular flexibility index (Phi) is 6.13. The summed E-state index contributed by atoms with van der Waals surface area (Å²) in [5, 5.41) is 2.97. The fourth-order valence-electron chi connectivity index (χ4n) is 3.40. The second kappa shape index (κ2) is 8.94. The fraction of sp³-hybridized carbons (Fsp3) is 0.286.